The molecule has 3 aromatic rings. The smallest absolute Gasteiger partial charge is 0.256 e. The molecule has 156 valence electrons. The van der Waals surface area contributed by atoms with Crippen LogP contribution in [0.3, 0.4) is 0 Å². The van der Waals surface area contributed by atoms with Gasteiger partial charge in [-0.25, -0.2) is 4.98 Å². The van der Waals surface area contributed by atoms with Crippen LogP contribution in [-0.2, 0) is 11.3 Å². The summed E-state index contributed by atoms with van der Waals surface area (Å²) in [5.74, 6) is 1.29. The number of hydrogen-bond acceptors (Lipinski definition) is 7. The molecular formula is C21H24N6O3. The molecule has 1 saturated heterocycles. The SMILES string of the molecule is Cc1cncn(CCNC(=O)C2CCCN(c3ccc(-c4ccco4)nn3)C2)c1=O. The Morgan fingerprint density at radius 3 is 2.97 bits per heavy atom. The van der Waals surface area contributed by atoms with E-state index in [1.54, 1.807) is 13.2 Å². The van der Waals surface area contributed by atoms with Crippen molar-refractivity contribution in [3.05, 3.63) is 59.0 Å². The highest BCUT2D eigenvalue weighted by Gasteiger charge is 2.26. The van der Waals surface area contributed by atoms with E-state index in [1.165, 1.54) is 17.1 Å². The molecule has 1 aliphatic rings. The summed E-state index contributed by atoms with van der Waals surface area (Å²) in [5.41, 5.74) is 1.18. The van der Waals surface area contributed by atoms with Gasteiger partial charge in [-0.3, -0.25) is 14.2 Å². The first-order valence-corrected chi connectivity index (χ1v) is 10.0. The molecule has 0 radical (unpaired) electrons. The van der Waals surface area contributed by atoms with Crippen LogP contribution in [-0.4, -0.2) is 45.3 Å². The lowest BCUT2D eigenvalue weighted by molar-refractivity contribution is -0.125. The maximum atomic E-state index is 12.6. The predicted molar refractivity (Wildman–Crippen MR) is 111 cm³/mol. The Hall–Kier alpha value is -3.49. The lowest BCUT2D eigenvalue weighted by atomic mass is 9.97. The molecule has 0 spiro atoms. The van der Waals surface area contributed by atoms with Gasteiger partial charge >= 0.3 is 0 Å². The standard InChI is InChI=1S/C21H24N6O3/c1-15-12-22-14-27(21(15)29)10-8-23-20(28)16-4-2-9-26(13-16)19-7-6-17(24-25-19)18-5-3-11-30-18/h3,5-7,11-12,14,16H,2,4,8-10,13H2,1H3,(H,23,28). The highest BCUT2D eigenvalue weighted by Crippen LogP contribution is 2.23. The van der Waals surface area contributed by atoms with Gasteiger partial charge in [0.15, 0.2) is 11.6 Å². The van der Waals surface area contributed by atoms with E-state index in [0.717, 1.165) is 25.2 Å². The predicted octanol–water partition coefficient (Wildman–Crippen LogP) is 1.63. The van der Waals surface area contributed by atoms with Crippen molar-refractivity contribution < 1.29 is 9.21 Å². The van der Waals surface area contributed by atoms with E-state index >= 15 is 0 Å². The molecule has 3 aromatic heterocycles. The van der Waals surface area contributed by atoms with Crippen molar-refractivity contribution in [2.75, 3.05) is 24.5 Å². The number of nitrogens with zero attached hydrogens (tertiary/aromatic N) is 5. The lowest BCUT2D eigenvalue weighted by Crippen LogP contribution is -2.44. The van der Waals surface area contributed by atoms with Gasteiger partial charge in [-0.2, -0.15) is 0 Å². The summed E-state index contributed by atoms with van der Waals surface area (Å²) >= 11 is 0. The Balaban J connectivity index is 1.32. The molecule has 0 aliphatic carbocycles. The van der Waals surface area contributed by atoms with Gasteiger partial charge in [-0.05, 0) is 44.0 Å². The highest BCUT2D eigenvalue weighted by molar-refractivity contribution is 5.79. The third kappa shape index (κ3) is 4.40. The molecule has 0 bridgehead atoms. The summed E-state index contributed by atoms with van der Waals surface area (Å²) < 4.78 is 6.86. The summed E-state index contributed by atoms with van der Waals surface area (Å²) in [5, 5.41) is 11.5. The van der Waals surface area contributed by atoms with E-state index in [0.29, 0.717) is 36.7 Å². The summed E-state index contributed by atoms with van der Waals surface area (Å²) in [7, 11) is 0. The van der Waals surface area contributed by atoms with Gasteiger partial charge in [-0.1, -0.05) is 0 Å². The van der Waals surface area contributed by atoms with Crippen molar-refractivity contribution in [2.45, 2.75) is 26.3 Å². The Bertz CT molecular complexity index is 1050. The quantitative estimate of drug-likeness (QED) is 0.661. The maximum Gasteiger partial charge on any atom is 0.256 e. The first-order valence-electron chi connectivity index (χ1n) is 10.0. The Morgan fingerprint density at radius 2 is 2.20 bits per heavy atom. The molecule has 30 heavy (non-hydrogen) atoms. The third-order valence-corrected chi connectivity index (χ3v) is 5.26. The second kappa shape index (κ2) is 8.89. The van der Waals surface area contributed by atoms with Crippen molar-refractivity contribution in [1.82, 2.24) is 25.1 Å². The number of carbonyl (C=O) groups is 1. The van der Waals surface area contributed by atoms with E-state index in [-0.39, 0.29) is 17.4 Å². The summed E-state index contributed by atoms with van der Waals surface area (Å²) in [6, 6.07) is 7.43. The molecule has 9 nitrogen and oxygen atoms in total. The average Bonchev–Trinajstić information content (AvgIpc) is 3.32. The van der Waals surface area contributed by atoms with Crippen LogP contribution in [0.2, 0.25) is 0 Å². The van der Waals surface area contributed by atoms with Crippen molar-refractivity contribution in [1.29, 1.82) is 0 Å². The summed E-state index contributed by atoms with van der Waals surface area (Å²) in [6.45, 7) is 3.94. The zero-order valence-electron chi connectivity index (χ0n) is 16.8. The largest absolute Gasteiger partial charge is 0.463 e. The highest BCUT2D eigenvalue weighted by atomic mass is 16.3. The van der Waals surface area contributed by atoms with E-state index in [1.807, 2.05) is 24.3 Å². The van der Waals surface area contributed by atoms with Crippen LogP contribution >= 0.6 is 0 Å². The first-order chi connectivity index (χ1) is 14.6. The van der Waals surface area contributed by atoms with Crippen LogP contribution in [0.4, 0.5) is 5.82 Å². The monoisotopic (exact) mass is 408 g/mol. The summed E-state index contributed by atoms with van der Waals surface area (Å²) in [6.07, 6.45) is 6.37. The second-order valence-corrected chi connectivity index (χ2v) is 7.41. The lowest BCUT2D eigenvalue weighted by Gasteiger charge is -2.32. The van der Waals surface area contributed by atoms with E-state index in [4.69, 9.17) is 4.42 Å². The van der Waals surface area contributed by atoms with Crippen LogP contribution in [0.25, 0.3) is 11.5 Å². The molecule has 1 atom stereocenters. The van der Waals surface area contributed by atoms with Crippen LogP contribution in [0.5, 0.6) is 0 Å². The van der Waals surface area contributed by atoms with E-state index in [2.05, 4.69) is 25.4 Å². The zero-order chi connectivity index (χ0) is 20.9. The minimum Gasteiger partial charge on any atom is -0.463 e. The van der Waals surface area contributed by atoms with Crippen LogP contribution in [0.15, 0.2) is 52.3 Å². The minimum absolute atomic E-state index is 0.00599. The number of aryl methyl sites for hydroxylation is 1. The van der Waals surface area contributed by atoms with Gasteiger partial charge in [0, 0.05) is 37.9 Å². The maximum absolute atomic E-state index is 12.6. The average molecular weight is 408 g/mol. The first kappa shape index (κ1) is 19.8. The Kier molecular flexibility index (Phi) is 5.87. The van der Waals surface area contributed by atoms with Crippen molar-refractivity contribution >= 4 is 11.7 Å². The molecular weight excluding hydrogens is 384 g/mol. The number of rotatable bonds is 6. The molecule has 9 heteroatoms. The Labute approximate surface area is 173 Å². The number of amides is 1. The van der Waals surface area contributed by atoms with Gasteiger partial charge < -0.3 is 14.6 Å². The van der Waals surface area contributed by atoms with Crippen molar-refractivity contribution in [2.24, 2.45) is 5.92 Å². The molecule has 1 amide bonds. The number of aromatic nitrogens is 4. The van der Waals surface area contributed by atoms with Gasteiger partial charge in [0.25, 0.3) is 5.56 Å². The number of piperidine rings is 1. The number of anilines is 1. The van der Waals surface area contributed by atoms with Gasteiger partial charge in [0.2, 0.25) is 5.91 Å². The van der Waals surface area contributed by atoms with Gasteiger partial charge in [0.05, 0.1) is 18.5 Å². The van der Waals surface area contributed by atoms with Crippen LogP contribution < -0.4 is 15.8 Å². The number of nitrogens with one attached hydrogen (secondary N) is 1. The van der Waals surface area contributed by atoms with E-state index < -0.39 is 0 Å². The third-order valence-electron chi connectivity index (χ3n) is 5.26. The normalized spacial score (nSPS) is 16.4. The molecule has 1 unspecified atom stereocenters. The molecule has 4 rings (SSSR count). The fourth-order valence-electron chi connectivity index (χ4n) is 3.61. The second-order valence-electron chi connectivity index (χ2n) is 7.41. The summed E-state index contributed by atoms with van der Waals surface area (Å²) in [4.78, 5) is 30.8. The van der Waals surface area contributed by atoms with Gasteiger partial charge in [-0.15, -0.1) is 10.2 Å². The van der Waals surface area contributed by atoms with E-state index in [9.17, 15) is 9.59 Å². The molecule has 0 aromatic carbocycles. The molecule has 4 heterocycles. The topological polar surface area (TPSA) is 106 Å². The zero-order valence-corrected chi connectivity index (χ0v) is 16.8. The number of carbonyl (C=O) groups excluding carboxylic acids is 1. The fraction of sp³-hybridized carbons (Fsp3) is 0.381. The van der Waals surface area contributed by atoms with Crippen LogP contribution in [0, 0.1) is 12.8 Å². The molecule has 0 saturated carbocycles. The van der Waals surface area contributed by atoms with Crippen molar-refractivity contribution in [3.8, 4) is 11.5 Å². The number of furan rings is 1. The molecule has 1 N–H and O–H groups in total. The fourth-order valence-corrected chi connectivity index (χ4v) is 3.61. The molecule has 1 aliphatic heterocycles. The Morgan fingerprint density at radius 1 is 1.30 bits per heavy atom. The van der Waals surface area contributed by atoms with Crippen molar-refractivity contribution in [3.63, 3.8) is 0 Å². The minimum atomic E-state index is -0.127. The van der Waals surface area contributed by atoms with Crippen LogP contribution in [0.1, 0.15) is 18.4 Å². The molecule has 1 fully saturated rings. The number of hydrogen-bond donors (Lipinski definition) is 1. The van der Waals surface area contributed by atoms with Gasteiger partial charge in [0.1, 0.15) is 5.69 Å².